The summed E-state index contributed by atoms with van der Waals surface area (Å²) < 4.78 is 31.6. The molecule has 0 aromatic heterocycles. The average Bonchev–Trinajstić information content (AvgIpc) is 2.58. The van der Waals surface area contributed by atoms with Crippen LogP contribution in [0, 0.1) is 0 Å². The topological polar surface area (TPSA) is 74.6 Å². The van der Waals surface area contributed by atoms with E-state index in [0.29, 0.717) is 0 Å². The molecule has 6 heteroatoms. The molecule has 0 saturated heterocycles. The van der Waals surface area contributed by atoms with Gasteiger partial charge in [0, 0.05) is 0 Å². The summed E-state index contributed by atoms with van der Waals surface area (Å²) in [5.41, 5.74) is 4.48. The van der Waals surface area contributed by atoms with Crippen molar-refractivity contribution in [2.45, 2.75) is 32.6 Å². The van der Waals surface area contributed by atoms with Crippen molar-refractivity contribution in [3.63, 3.8) is 0 Å². The summed E-state index contributed by atoms with van der Waals surface area (Å²) in [6.07, 6.45) is 1.17. The van der Waals surface area contributed by atoms with Crippen molar-refractivity contribution in [1.29, 1.82) is 0 Å². The standard InChI is InChI=1S/C15H18.Na.H2O4S.H/c1-4-15(2,3)14-11-10-12-8-6-5-7-9-13(12)14;;1-5(2,3)4;/h5-11H,4H2,1-3H3;;(H2,1,2,3,4);. The Balaban J connectivity index is 0.000000583. The Labute approximate surface area is 148 Å². The Morgan fingerprint density at radius 1 is 1.00 bits per heavy atom. The number of rotatable bonds is 2. The Morgan fingerprint density at radius 3 is 2.05 bits per heavy atom. The molecule has 0 unspecified atom stereocenters. The van der Waals surface area contributed by atoms with Crippen molar-refractivity contribution in [3.05, 3.63) is 48.0 Å². The summed E-state index contributed by atoms with van der Waals surface area (Å²) >= 11 is 0. The van der Waals surface area contributed by atoms with Gasteiger partial charge in [0.25, 0.3) is 0 Å². The van der Waals surface area contributed by atoms with Gasteiger partial charge in [-0.25, -0.2) is 0 Å². The van der Waals surface area contributed by atoms with Crippen LogP contribution in [-0.4, -0.2) is 47.1 Å². The second-order valence-electron chi connectivity index (χ2n) is 5.21. The molecular weight excluding hydrogens is 299 g/mol. The van der Waals surface area contributed by atoms with Crippen molar-refractivity contribution in [2.24, 2.45) is 0 Å². The molecule has 2 N–H and O–H groups in total. The molecule has 0 spiro atoms. The maximum absolute atomic E-state index is 8.74. The molecule has 21 heavy (non-hydrogen) atoms. The molecule has 4 nitrogen and oxygen atoms in total. The third-order valence-corrected chi connectivity index (χ3v) is 3.40. The summed E-state index contributed by atoms with van der Waals surface area (Å²) in [5.74, 6) is 0. The molecular formula is C15H21NaO4S. The molecule has 2 rings (SSSR count). The summed E-state index contributed by atoms with van der Waals surface area (Å²) in [6, 6.07) is 15.2. The van der Waals surface area contributed by atoms with Gasteiger partial charge >= 0.3 is 40.0 Å². The molecule has 0 aromatic carbocycles. The molecule has 2 aliphatic rings. The fourth-order valence-corrected chi connectivity index (χ4v) is 2.00. The van der Waals surface area contributed by atoms with Crippen molar-refractivity contribution in [1.82, 2.24) is 0 Å². The summed E-state index contributed by atoms with van der Waals surface area (Å²) in [6.45, 7) is 6.88. The van der Waals surface area contributed by atoms with Gasteiger partial charge in [0.05, 0.1) is 0 Å². The maximum atomic E-state index is 8.74. The van der Waals surface area contributed by atoms with Gasteiger partial charge in [-0.1, -0.05) is 63.2 Å². The first-order chi connectivity index (χ1) is 9.15. The molecule has 112 valence electrons. The van der Waals surface area contributed by atoms with E-state index in [-0.39, 0.29) is 35.0 Å². The van der Waals surface area contributed by atoms with Crippen LogP contribution in [0.2, 0.25) is 0 Å². The fourth-order valence-electron chi connectivity index (χ4n) is 2.00. The zero-order chi connectivity index (χ0) is 15.4. The van der Waals surface area contributed by atoms with Crippen molar-refractivity contribution in [2.75, 3.05) is 0 Å². The van der Waals surface area contributed by atoms with E-state index >= 15 is 0 Å². The zero-order valence-electron chi connectivity index (χ0n) is 11.9. The van der Waals surface area contributed by atoms with E-state index in [1.165, 1.54) is 23.1 Å². The van der Waals surface area contributed by atoms with E-state index in [0.717, 1.165) is 0 Å². The zero-order valence-corrected chi connectivity index (χ0v) is 12.7. The predicted molar refractivity (Wildman–Crippen MR) is 87.7 cm³/mol. The first kappa shape index (κ1) is 20.6. The molecule has 0 saturated carbocycles. The van der Waals surface area contributed by atoms with Crippen LogP contribution in [0.1, 0.15) is 32.8 Å². The van der Waals surface area contributed by atoms with Gasteiger partial charge in [0.1, 0.15) is 0 Å². The van der Waals surface area contributed by atoms with Crippen LogP contribution in [0.15, 0.2) is 42.5 Å². The Morgan fingerprint density at radius 2 is 1.52 bits per heavy atom. The van der Waals surface area contributed by atoms with Crippen LogP contribution >= 0.6 is 0 Å². The van der Waals surface area contributed by atoms with E-state index in [1.54, 1.807) is 0 Å². The van der Waals surface area contributed by atoms with Gasteiger partial charge in [-0.15, -0.1) is 0 Å². The third-order valence-electron chi connectivity index (χ3n) is 3.40. The van der Waals surface area contributed by atoms with E-state index in [9.17, 15) is 0 Å². The minimum atomic E-state index is -4.67. The van der Waals surface area contributed by atoms with Gasteiger partial charge in [-0.05, 0) is 28.5 Å². The monoisotopic (exact) mass is 320 g/mol. The summed E-state index contributed by atoms with van der Waals surface area (Å²) in [7, 11) is -4.67. The molecule has 0 aliphatic heterocycles. The number of fused-ring (bicyclic) bond motifs is 1. The van der Waals surface area contributed by atoms with Gasteiger partial charge in [0.2, 0.25) is 0 Å². The molecule has 0 aromatic rings. The fraction of sp³-hybridized carbons (Fsp3) is 0.333. The van der Waals surface area contributed by atoms with Crippen LogP contribution in [0.3, 0.4) is 0 Å². The molecule has 0 bridgehead atoms. The van der Waals surface area contributed by atoms with Crippen LogP contribution in [0.5, 0.6) is 0 Å². The first-order valence-corrected chi connectivity index (χ1v) is 7.73. The van der Waals surface area contributed by atoms with E-state index in [1.807, 2.05) is 0 Å². The van der Waals surface area contributed by atoms with Crippen LogP contribution in [-0.2, 0) is 15.8 Å². The Hall–Kier alpha value is -0.430. The van der Waals surface area contributed by atoms with Gasteiger partial charge in [-0.2, -0.15) is 8.42 Å². The SMILES string of the molecule is CCC(C)(C)c1ccc2cccccc1-2.O=S(=O)(O)O.[NaH]. The van der Waals surface area contributed by atoms with Crippen LogP contribution in [0.25, 0.3) is 11.1 Å². The average molecular weight is 320 g/mol. The molecule has 0 radical (unpaired) electrons. The van der Waals surface area contributed by atoms with Crippen LogP contribution in [0.4, 0.5) is 0 Å². The second kappa shape index (κ2) is 8.27. The molecule has 0 atom stereocenters. The predicted octanol–water partition coefficient (Wildman–Crippen LogP) is 3.18. The van der Waals surface area contributed by atoms with E-state index in [4.69, 9.17) is 17.5 Å². The minimum absolute atomic E-state index is 0. The second-order valence-corrected chi connectivity index (χ2v) is 6.11. The normalized spacial score (nSPS) is 11.3. The van der Waals surface area contributed by atoms with Crippen LogP contribution < -0.4 is 0 Å². The molecule has 0 fully saturated rings. The van der Waals surface area contributed by atoms with Crippen molar-refractivity contribution < 1.29 is 17.5 Å². The molecule has 0 amide bonds. The van der Waals surface area contributed by atoms with Gasteiger partial charge in [-0.3, -0.25) is 9.11 Å². The van der Waals surface area contributed by atoms with Gasteiger partial charge < -0.3 is 0 Å². The van der Waals surface area contributed by atoms with E-state index in [2.05, 4.69) is 63.2 Å². The third kappa shape index (κ3) is 6.91. The van der Waals surface area contributed by atoms with Crippen molar-refractivity contribution in [3.8, 4) is 11.1 Å². The molecule has 2 aliphatic carbocycles. The number of hydrogen-bond acceptors (Lipinski definition) is 2. The van der Waals surface area contributed by atoms with Gasteiger partial charge in [0.15, 0.2) is 0 Å². The number of hydrogen-bond donors (Lipinski definition) is 2. The first-order valence-electron chi connectivity index (χ1n) is 6.33. The Kier molecular flexibility index (Phi) is 8.10. The summed E-state index contributed by atoms with van der Waals surface area (Å²) in [5, 5.41) is 0. The van der Waals surface area contributed by atoms with E-state index < -0.39 is 10.4 Å². The quantitative estimate of drug-likeness (QED) is 0.658. The van der Waals surface area contributed by atoms with Crippen molar-refractivity contribution >= 4 is 40.0 Å². The Bertz CT molecular complexity index is 630. The molecule has 0 heterocycles. The summed E-state index contributed by atoms with van der Waals surface area (Å²) in [4.78, 5) is 0.